The Balaban J connectivity index is 1.99. The minimum absolute atomic E-state index is 0.267. The molecule has 7 heteroatoms. The van der Waals surface area contributed by atoms with Gasteiger partial charge in [0.1, 0.15) is 6.04 Å². The molecule has 108 valence electrons. The van der Waals surface area contributed by atoms with E-state index in [0.29, 0.717) is 25.5 Å². The van der Waals surface area contributed by atoms with Gasteiger partial charge in [0.2, 0.25) is 0 Å². The molecule has 1 atom stereocenters. The Morgan fingerprint density at radius 1 is 1.42 bits per heavy atom. The van der Waals surface area contributed by atoms with Gasteiger partial charge in [-0.1, -0.05) is 0 Å². The van der Waals surface area contributed by atoms with Crippen LogP contribution in [0.25, 0.3) is 0 Å². The summed E-state index contributed by atoms with van der Waals surface area (Å²) in [6.45, 7) is 3.74. The van der Waals surface area contributed by atoms with Gasteiger partial charge in [-0.15, -0.1) is 0 Å². The number of ether oxygens (including phenoxy) is 1. The van der Waals surface area contributed by atoms with Gasteiger partial charge in [0.25, 0.3) is 0 Å². The highest BCUT2D eigenvalue weighted by Crippen LogP contribution is 2.22. The summed E-state index contributed by atoms with van der Waals surface area (Å²) in [7, 11) is 0. The Bertz CT molecular complexity index is 358. The van der Waals surface area contributed by atoms with Gasteiger partial charge in [0, 0.05) is 36.8 Å². The van der Waals surface area contributed by atoms with Crippen LogP contribution in [-0.4, -0.2) is 64.9 Å². The monoisotopic (exact) mass is 288 g/mol. The third kappa shape index (κ3) is 3.54. The van der Waals surface area contributed by atoms with Crippen LogP contribution in [-0.2, 0) is 9.53 Å². The number of urea groups is 1. The fourth-order valence-corrected chi connectivity index (χ4v) is 3.37. The van der Waals surface area contributed by atoms with E-state index in [1.807, 2.05) is 6.92 Å². The lowest BCUT2D eigenvalue weighted by Crippen LogP contribution is -2.59. The van der Waals surface area contributed by atoms with Crippen molar-refractivity contribution in [1.29, 1.82) is 0 Å². The minimum Gasteiger partial charge on any atom is -0.480 e. The molecule has 0 saturated carbocycles. The van der Waals surface area contributed by atoms with Gasteiger partial charge < -0.3 is 20.1 Å². The molecule has 0 aliphatic carbocycles. The number of carbonyl (C=O) groups is 2. The quantitative estimate of drug-likeness (QED) is 0.784. The molecule has 0 spiro atoms. The van der Waals surface area contributed by atoms with Crippen LogP contribution in [0.4, 0.5) is 4.79 Å². The zero-order chi connectivity index (χ0) is 13.9. The first-order valence-electron chi connectivity index (χ1n) is 6.49. The summed E-state index contributed by atoms with van der Waals surface area (Å²) in [6, 6.07) is -0.987. The molecular weight excluding hydrogens is 268 g/mol. The first-order valence-corrected chi connectivity index (χ1v) is 7.64. The largest absolute Gasteiger partial charge is 0.480 e. The number of nitrogens with zero attached hydrogens (tertiary/aromatic N) is 1. The van der Waals surface area contributed by atoms with Gasteiger partial charge in [-0.3, -0.25) is 0 Å². The van der Waals surface area contributed by atoms with Gasteiger partial charge in [-0.25, -0.2) is 9.59 Å². The summed E-state index contributed by atoms with van der Waals surface area (Å²) in [5, 5.41) is 12.2. The summed E-state index contributed by atoms with van der Waals surface area (Å²) in [5.74, 6) is 0.319. The fraction of sp³-hybridized carbons (Fsp3) is 0.833. The van der Waals surface area contributed by atoms with Gasteiger partial charge >= 0.3 is 12.0 Å². The second-order valence-electron chi connectivity index (χ2n) is 5.23. The molecule has 2 aliphatic heterocycles. The third-order valence-corrected chi connectivity index (χ3v) is 4.70. The van der Waals surface area contributed by atoms with Crippen LogP contribution in [0.3, 0.4) is 0 Å². The number of hydrogen-bond acceptors (Lipinski definition) is 4. The number of amides is 2. The van der Waals surface area contributed by atoms with Crippen molar-refractivity contribution < 1.29 is 19.4 Å². The van der Waals surface area contributed by atoms with Crippen molar-refractivity contribution in [3.8, 4) is 0 Å². The average Bonchev–Trinajstić information content (AvgIpc) is 2.39. The van der Waals surface area contributed by atoms with Crippen molar-refractivity contribution in [2.45, 2.75) is 31.3 Å². The highest BCUT2D eigenvalue weighted by atomic mass is 32.2. The van der Waals surface area contributed by atoms with E-state index in [-0.39, 0.29) is 11.6 Å². The predicted octanol–water partition coefficient (Wildman–Crippen LogP) is 0.767. The molecule has 2 fully saturated rings. The predicted molar refractivity (Wildman–Crippen MR) is 72.4 cm³/mol. The summed E-state index contributed by atoms with van der Waals surface area (Å²) in [6.07, 6.45) is 1.53. The standard InChI is InChI=1S/C12H20N2O4S/c1-12(2-5-18-6-3-12)13-11(17)14-4-7-19-8-9(14)10(15)16/h9H,2-8H2,1H3,(H,13,17)(H,15,16). The van der Waals surface area contributed by atoms with Crippen LogP contribution in [0.1, 0.15) is 19.8 Å². The molecule has 19 heavy (non-hydrogen) atoms. The number of hydrogen-bond donors (Lipinski definition) is 2. The van der Waals surface area contributed by atoms with Crippen LogP contribution in [0, 0.1) is 0 Å². The van der Waals surface area contributed by atoms with E-state index in [1.54, 1.807) is 11.8 Å². The van der Waals surface area contributed by atoms with Crippen LogP contribution in [0.2, 0.25) is 0 Å². The lowest BCUT2D eigenvalue weighted by Gasteiger charge is -2.39. The highest BCUT2D eigenvalue weighted by molar-refractivity contribution is 7.99. The van der Waals surface area contributed by atoms with Gasteiger partial charge in [-0.05, 0) is 19.8 Å². The summed E-state index contributed by atoms with van der Waals surface area (Å²) in [5.41, 5.74) is -0.289. The molecule has 2 saturated heterocycles. The lowest BCUT2D eigenvalue weighted by atomic mass is 9.93. The van der Waals surface area contributed by atoms with Crippen molar-refractivity contribution in [3.63, 3.8) is 0 Å². The molecule has 0 radical (unpaired) electrons. The number of carbonyl (C=O) groups excluding carboxylic acids is 1. The van der Waals surface area contributed by atoms with Gasteiger partial charge in [0.15, 0.2) is 0 Å². The average molecular weight is 288 g/mol. The second-order valence-corrected chi connectivity index (χ2v) is 6.38. The van der Waals surface area contributed by atoms with Crippen molar-refractivity contribution >= 4 is 23.8 Å². The maximum atomic E-state index is 12.3. The number of carboxylic acid groups (broad SMARTS) is 1. The number of carboxylic acids is 1. The van der Waals surface area contributed by atoms with Crippen molar-refractivity contribution in [1.82, 2.24) is 10.2 Å². The van der Waals surface area contributed by atoms with E-state index < -0.39 is 12.0 Å². The normalized spacial score (nSPS) is 26.8. The molecule has 6 nitrogen and oxygen atoms in total. The number of rotatable bonds is 2. The first kappa shape index (κ1) is 14.5. The summed E-state index contributed by atoms with van der Waals surface area (Å²) < 4.78 is 5.29. The molecule has 0 aromatic heterocycles. The van der Waals surface area contributed by atoms with E-state index >= 15 is 0 Å². The highest BCUT2D eigenvalue weighted by Gasteiger charge is 2.36. The zero-order valence-corrected chi connectivity index (χ0v) is 11.9. The molecule has 2 rings (SSSR count). The van der Waals surface area contributed by atoms with E-state index in [9.17, 15) is 14.7 Å². The molecule has 2 heterocycles. The van der Waals surface area contributed by atoms with Crippen LogP contribution < -0.4 is 5.32 Å². The number of thioether (sulfide) groups is 1. The molecule has 2 N–H and O–H groups in total. The number of nitrogens with one attached hydrogen (secondary N) is 1. The van der Waals surface area contributed by atoms with Gasteiger partial charge in [0.05, 0.1) is 0 Å². The Morgan fingerprint density at radius 3 is 2.74 bits per heavy atom. The Hall–Kier alpha value is -0.950. The van der Waals surface area contributed by atoms with E-state index in [1.165, 1.54) is 4.90 Å². The number of aliphatic carboxylic acids is 1. The molecule has 0 bridgehead atoms. The van der Waals surface area contributed by atoms with Crippen molar-refractivity contribution in [3.05, 3.63) is 0 Å². The van der Waals surface area contributed by atoms with E-state index in [0.717, 1.165) is 18.6 Å². The van der Waals surface area contributed by atoms with Crippen LogP contribution in [0.15, 0.2) is 0 Å². The maximum absolute atomic E-state index is 12.3. The van der Waals surface area contributed by atoms with Crippen LogP contribution in [0.5, 0.6) is 0 Å². The third-order valence-electron chi connectivity index (χ3n) is 3.68. The molecule has 0 aromatic rings. The lowest BCUT2D eigenvalue weighted by molar-refractivity contribution is -0.141. The van der Waals surface area contributed by atoms with Crippen molar-refractivity contribution in [2.75, 3.05) is 31.3 Å². The first-order chi connectivity index (χ1) is 9.02. The molecule has 2 aliphatic rings. The van der Waals surface area contributed by atoms with E-state index in [4.69, 9.17) is 4.74 Å². The zero-order valence-electron chi connectivity index (χ0n) is 11.1. The van der Waals surface area contributed by atoms with E-state index in [2.05, 4.69) is 5.32 Å². The van der Waals surface area contributed by atoms with Gasteiger partial charge in [-0.2, -0.15) is 11.8 Å². The molecule has 0 aromatic carbocycles. The molecular formula is C12H20N2O4S. The maximum Gasteiger partial charge on any atom is 0.327 e. The molecule has 1 unspecified atom stereocenters. The minimum atomic E-state index is -0.931. The smallest absolute Gasteiger partial charge is 0.327 e. The topological polar surface area (TPSA) is 78.9 Å². The Labute approximate surface area is 116 Å². The summed E-state index contributed by atoms with van der Waals surface area (Å²) in [4.78, 5) is 24.9. The molecule has 2 amide bonds. The fourth-order valence-electron chi connectivity index (χ4n) is 2.33. The summed E-state index contributed by atoms with van der Waals surface area (Å²) >= 11 is 1.58. The van der Waals surface area contributed by atoms with Crippen molar-refractivity contribution in [2.24, 2.45) is 0 Å². The Kier molecular flexibility index (Phi) is 4.57. The SMILES string of the molecule is CC1(NC(=O)N2CCSCC2C(=O)O)CCOCC1. The van der Waals surface area contributed by atoms with Crippen LogP contribution >= 0.6 is 11.8 Å². The second kappa shape index (κ2) is 6.00. The Morgan fingerprint density at radius 2 is 2.11 bits per heavy atom.